The summed E-state index contributed by atoms with van der Waals surface area (Å²) in [5, 5.41) is 9.39. The first-order valence-electron chi connectivity index (χ1n) is 13.9. The highest BCUT2D eigenvalue weighted by Gasteiger charge is 2.25. The number of carboxylic acid groups (broad SMARTS) is 1. The molecule has 1 aliphatic heterocycles. The summed E-state index contributed by atoms with van der Waals surface area (Å²) in [6.07, 6.45) is -2.79. The fourth-order valence-corrected chi connectivity index (χ4v) is 5.06. The molecule has 0 unspecified atom stereocenters. The van der Waals surface area contributed by atoms with Crippen molar-refractivity contribution in [3.8, 4) is 17.1 Å². The Morgan fingerprint density at radius 2 is 1.67 bits per heavy atom. The molecular weight excluding hydrogens is 623 g/mol. The molecule has 0 bridgehead atoms. The van der Waals surface area contributed by atoms with Gasteiger partial charge in [0.25, 0.3) is 6.43 Å². The standard InChI is InChI=1S/C32H22F7N3O4/c33-21-3-4-28(46-14-16-2-1-15(31(38)39)7-22(16)34)41-29(21)20-12-23(35)17(8-24(20)36)11-27-40-30-25(37)9-18(32(43)44)10-26(30)42(27)13-19-5-6-45-19/h1-4,7-10,12,19,31H,5-6,11,13-14H2,(H,43,44)/t19-/m0/s1. The maximum absolute atomic E-state index is 15.5. The number of carboxylic acids is 1. The van der Waals surface area contributed by atoms with E-state index >= 15 is 8.78 Å². The lowest BCUT2D eigenvalue weighted by atomic mass is 10.0. The number of halogens is 7. The molecule has 2 aromatic heterocycles. The molecule has 0 amide bonds. The lowest BCUT2D eigenvalue weighted by Gasteiger charge is -2.27. The van der Waals surface area contributed by atoms with Gasteiger partial charge in [0.05, 0.1) is 23.7 Å². The highest BCUT2D eigenvalue weighted by Crippen LogP contribution is 2.31. The normalized spacial score (nSPS) is 14.6. The van der Waals surface area contributed by atoms with Crippen molar-refractivity contribution in [1.82, 2.24) is 14.5 Å². The zero-order valence-corrected chi connectivity index (χ0v) is 23.5. The molecule has 0 spiro atoms. The van der Waals surface area contributed by atoms with Gasteiger partial charge in [-0.25, -0.2) is 45.5 Å². The van der Waals surface area contributed by atoms with E-state index in [-0.39, 0.29) is 58.5 Å². The Hall–Kier alpha value is -4.98. The second-order valence-electron chi connectivity index (χ2n) is 10.6. The lowest BCUT2D eigenvalue weighted by molar-refractivity contribution is -0.0589. The summed E-state index contributed by atoms with van der Waals surface area (Å²) in [5.41, 5.74) is -2.29. The van der Waals surface area contributed by atoms with Gasteiger partial charge in [0, 0.05) is 35.8 Å². The van der Waals surface area contributed by atoms with Crippen LogP contribution < -0.4 is 4.74 Å². The first kappa shape index (κ1) is 31.0. The van der Waals surface area contributed by atoms with E-state index in [1.807, 2.05) is 0 Å². The molecule has 1 saturated heterocycles. The van der Waals surface area contributed by atoms with E-state index < -0.39 is 64.9 Å². The van der Waals surface area contributed by atoms with E-state index in [9.17, 15) is 31.9 Å². The first-order valence-corrected chi connectivity index (χ1v) is 13.9. The Morgan fingerprint density at radius 1 is 0.913 bits per heavy atom. The topological polar surface area (TPSA) is 86.5 Å². The molecule has 3 aromatic carbocycles. The minimum Gasteiger partial charge on any atom is -0.478 e. The molecule has 3 heterocycles. The number of aromatic carboxylic acids is 1. The number of imidazole rings is 1. The average molecular weight is 646 g/mol. The Labute approximate surface area is 255 Å². The van der Waals surface area contributed by atoms with Crippen molar-refractivity contribution in [3.63, 3.8) is 0 Å². The van der Waals surface area contributed by atoms with E-state index in [0.717, 1.165) is 42.5 Å². The molecule has 1 fully saturated rings. The van der Waals surface area contributed by atoms with Crippen LogP contribution in [0.25, 0.3) is 22.3 Å². The average Bonchev–Trinajstić information content (AvgIpc) is 3.33. The van der Waals surface area contributed by atoms with Crippen LogP contribution in [0.3, 0.4) is 0 Å². The molecular formula is C32H22F7N3O4. The predicted molar refractivity (Wildman–Crippen MR) is 149 cm³/mol. The van der Waals surface area contributed by atoms with Gasteiger partial charge in [0.1, 0.15) is 46.9 Å². The summed E-state index contributed by atoms with van der Waals surface area (Å²) in [4.78, 5) is 19.7. The number of nitrogens with zero attached hydrogens (tertiary/aromatic N) is 3. The lowest BCUT2D eigenvalue weighted by Crippen LogP contribution is -2.31. The molecule has 1 atom stereocenters. The third kappa shape index (κ3) is 6.12. The van der Waals surface area contributed by atoms with E-state index in [1.165, 1.54) is 10.6 Å². The highest BCUT2D eigenvalue weighted by molar-refractivity contribution is 5.92. The number of fused-ring (bicyclic) bond motifs is 1. The van der Waals surface area contributed by atoms with Gasteiger partial charge >= 0.3 is 5.97 Å². The van der Waals surface area contributed by atoms with Gasteiger partial charge < -0.3 is 19.1 Å². The Morgan fingerprint density at radius 3 is 2.35 bits per heavy atom. The third-order valence-corrected chi connectivity index (χ3v) is 7.58. The summed E-state index contributed by atoms with van der Waals surface area (Å²) in [6, 6.07) is 8.37. The number of aromatic nitrogens is 3. The van der Waals surface area contributed by atoms with Crippen LogP contribution in [0.1, 0.15) is 45.7 Å². The van der Waals surface area contributed by atoms with Crippen molar-refractivity contribution < 1.29 is 50.1 Å². The quantitative estimate of drug-likeness (QED) is 0.160. The number of hydrogen-bond donors (Lipinski definition) is 1. The monoisotopic (exact) mass is 645 g/mol. The predicted octanol–water partition coefficient (Wildman–Crippen LogP) is 7.39. The van der Waals surface area contributed by atoms with Gasteiger partial charge in [-0.2, -0.15) is 0 Å². The van der Waals surface area contributed by atoms with Crippen LogP contribution in [-0.2, 0) is 24.3 Å². The number of hydrogen-bond acceptors (Lipinski definition) is 5. The fourth-order valence-electron chi connectivity index (χ4n) is 5.06. The van der Waals surface area contributed by atoms with Crippen LogP contribution in [0.5, 0.6) is 5.88 Å². The van der Waals surface area contributed by atoms with Crippen molar-refractivity contribution in [2.24, 2.45) is 0 Å². The third-order valence-electron chi connectivity index (χ3n) is 7.58. The summed E-state index contributed by atoms with van der Waals surface area (Å²) in [5.74, 6) is -6.40. The van der Waals surface area contributed by atoms with Gasteiger partial charge in [-0.15, -0.1) is 0 Å². The maximum Gasteiger partial charge on any atom is 0.335 e. The second-order valence-corrected chi connectivity index (χ2v) is 10.6. The number of ether oxygens (including phenoxy) is 2. The van der Waals surface area contributed by atoms with E-state index in [4.69, 9.17) is 9.47 Å². The zero-order chi connectivity index (χ0) is 32.7. The largest absolute Gasteiger partial charge is 0.478 e. The van der Waals surface area contributed by atoms with Crippen molar-refractivity contribution in [3.05, 3.63) is 112 Å². The van der Waals surface area contributed by atoms with Gasteiger partial charge in [-0.05, 0) is 48.4 Å². The number of rotatable bonds is 10. The van der Waals surface area contributed by atoms with Crippen molar-refractivity contribution in [2.75, 3.05) is 6.61 Å². The first-order chi connectivity index (χ1) is 22.0. The summed E-state index contributed by atoms with van der Waals surface area (Å²) >= 11 is 0. The Balaban J connectivity index is 1.29. The van der Waals surface area contributed by atoms with Crippen LogP contribution in [0, 0.1) is 29.1 Å². The van der Waals surface area contributed by atoms with Gasteiger partial charge in [0.15, 0.2) is 5.82 Å². The molecule has 14 heteroatoms. The molecule has 0 radical (unpaired) electrons. The van der Waals surface area contributed by atoms with Crippen LogP contribution in [0.15, 0.2) is 54.6 Å². The smallest absolute Gasteiger partial charge is 0.335 e. The summed E-state index contributed by atoms with van der Waals surface area (Å²) < 4.78 is 113. The molecule has 7 nitrogen and oxygen atoms in total. The molecule has 0 saturated carbocycles. The second kappa shape index (κ2) is 12.4. The van der Waals surface area contributed by atoms with Crippen LogP contribution in [-0.4, -0.2) is 38.3 Å². The van der Waals surface area contributed by atoms with Crippen LogP contribution in [0.2, 0.25) is 0 Å². The van der Waals surface area contributed by atoms with E-state index in [0.29, 0.717) is 19.1 Å². The van der Waals surface area contributed by atoms with Gasteiger partial charge in [0.2, 0.25) is 5.88 Å². The number of alkyl halides is 2. The zero-order valence-electron chi connectivity index (χ0n) is 23.5. The number of pyridine rings is 1. The van der Waals surface area contributed by atoms with Crippen LogP contribution >= 0.6 is 0 Å². The fraction of sp³-hybridized carbons (Fsp3) is 0.219. The van der Waals surface area contributed by atoms with Crippen molar-refractivity contribution in [2.45, 2.75) is 38.5 Å². The molecule has 1 aliphatic rings. The van der Waals surface area contributed by atoms with Crippen LogP contribution in [0.4, 0.5) is 30.7 Å². The minimum atomic E-state index is -2.87. The molecule has 0 aliphatic carbocycles. The summed E-state index contributed by atoms with van der Waals surface area (Å²) in [6.45, 7) is 0.203. The Bertz CT molecular complexity index is 1980. The van der Waals surface area contributed by atoms with Crippen molar-refractivity contribution in [1.29, 1.82) is 0 Å². The SMILES string of the molecule is O=C(O)c1cc(F)c2nc(Cc3cc(F)c(-c4nc(OCc5ccc(C(F)F)cc5F)ccc4F)cc3F)n(C[C@@H]3CCO3)c2c1. The molecule has 238 valence electrons. The summed E-state index contributed by atoms with van der Waals surface area (Å²) in [7, 11) is 0. The van der Waals surface area contributed by atoms with E-state index in [2.05, 4.69) is 9.97 Å². The Kier molecular flexibility index (Phi) is 8.38. The molecule has 6 rings (SSSR count). The van der Waals surface area contributed by atoms with Crippen molar-refractivity contribution >= 4 is 17.0 Å². The molecule has 46 heavy (non-hydrogen) atoms. The van der Waals surface area contributed by atoms with Gasteiger partial charge in [-0.3, -0.25) is 0 Å². The van der Waals surface area contributed by atoms with Gasteiger partial charge in [-0.1, -0.05) is 12.1 Å². The number of carbonyl (C=O) groups is 1. The molecule has 5 aromatic rings. The van der Waals surface area contributed by atoms with E-state index in [1.54, 1.807) is 0 Å². The molecule has 1 N–H and O–H groups in total. The maximum atomic E-state index is 15.5. The number of benzene rings is 3. The highest BCUT2D eigenvalue weighted by atomic mass is 19.3. The minimum absolute atomic E-state index is 0.0902.